The highest BCUT2D eigenvalue weighted by atomic mass is 35.5. The van der Waals surface area contributed by atoms with Gasteiger partial charge in [-0.3, -0.25) is 4.79 Å². The smallest absolute Gasteiger partial charge is 0.223 e. The normalized spacial score (nSPS) is 21.0. The zero-order valence-electron chi connectivity index (χ0n) is 13.4. The molecule has 124 valence electrons. The fourth-order valence-corrected chi connectivity index (χ4v) is 2.94. The summed E-state index contributed by atoms with van der Waals surface area (Å²) in [5, 5.41) is 3.03. The number of para-hydroxylation sites is 1. The Kier molecular flexibility index (Phi) is 7.17. The Morgan fingerprint density at radius 2 is 2.00 bits per heavy atom. The predicted octanol–water partition coefficient (Wildman–Crippen LogP) is 2.76. The van der Waals surface area contributed by atoms with Crippen molar-refractivity contribution in [1.82, 2.24) is 5.32 Å². The summed E-state index contributed by atoms with van der Waals surface area (Å²) in [6.07, 6.45) is 3.12. The molecule has 22 heavy (non-hydrogen) atoms. The molecule has 3 N–H and O–H groups in total. The van der Waals surface area contributed by atoms with Crippen LogP contribution in [-0.4, -0.2) is 24.6 Å². The van der Waals surface area contributed by atoms with E-state index in [2.05, 4.69) is 5.32 Å². The van der Waals surface area contributed by atoms with Crippen LogP contribution in [0, 0.1) is 11.8 Å². The first kappa shape index (κ1) is 18.8. The maximum Gasteiger partial charge on any atom is 0.223 e. The lowest BCUT2D eigenvalue weighted by Crippen LogP contribution is -2.45. The molecule has 5 heteroatoms. The van der Waals surface area contributed by atoms with Crippen LogP contribution in [0.1, 0.15) is 33.1 Å². The molecular weight excluding hydrogens is 300 g/mol. The molecule has 0 saturated heterocycles. The standard InChI is InChI=1S/C17H26N2O2.ClH/c1-17(2,21-14-8-4-3-5-9-14)12-19-16(20)15-10-6-7-13(15)11-18;/h3-5,8-9,13,15H,6-7,10-12,18H2,1-2H3,(H,19,20);1H/t13-,15-;/m1./s1. The first-order chi connectivity index (χ1) is 10.0. The first-order valence-electron chi connectivity index (χ1n) is 7.74. The number of ether oxygens (including phenoxy) is 1. The van der Waals surface area contributed by atoms with Crippen LogP contribution < -0.4 is 15.8 Å². The molecule has 1 aromatic rings. The molecule has 4 nitrogen and oxygen atoms in total. The Labute approximate surface area is 139 Å². The Hall–Kier alpha value is -1.26. The van der Waals surface area contributed by atoms with Crippen LogP contribution in [0.2, 0.25) is 0 Å². The first-order valence-corrected chi connectivity index (χ1v) is 7.74. The topological polar surface area (TPSA) is 64.4 Å². The van der Waals surface area contributed by atoms with Gasteiger partial charge >= 0.3 is 0 Å². The van der Waals surface area contributed by atoms with Gasteiger partial charge in [-0.2, -0.15) is 0 Å². The monoisotopic (exact) mass is 326 g/mol. The van der Waals surface area contributed by atoms with E-state index in [4.69, 9.17) is 10.5 Å². The summed E-state index contributed by atoms with van der Waals surface area (Å²) < 4.78 is 5.93. The largest absolute Gasteiger partial charge is 0.486 e. The molecule has 0 aromatic heterocycles. The van der Waals surface area contributed by atoms with Gasteiger partial charge in [0.15, 0.2) is 0 Å². The van der Waals surface area contributed by atoms with E-state index in [1.165, 1.54) is 0 Å². The van der Waals surface area contributed by atoms with E-state index in [0.717, 1.165) is 25.0 Å². The molecule has 0 aliphatic heterocycles. The second-order valence-corrected chi connectivity index (χ2v) is 6.43. The zero-order valence-corrected chi connectivity index (χ0v) is 14.2. The van der Waals surface area contributed by atoms with Gasteiger partial charge < -0.3 is 15.8 Å². The average Bonchev–Trinajstić information content (AvgIpc) is 2.94. The molecule has 0 bridgehead atoms. The van der Waals surface area contributed by atoms with Gasteiger partial charge in [-0.25, -0.2) is 0 Å². The Morgan fingerprint density at radius 1 is 1.32 bits per heavy atom. The summed E-state index contributed by atoms with van der Waals surface area (Å²) in [6.45, 7) is 5.06. The van der Waals surface area contributed by atoms with Gasteiger partial charge in [0.05, 0.1) is 6.54 Å². The van der Waals surface area contributed by atoms with Crippen molar-refractivity contribution < 1.29 is 9.53 Å². The molecular formula is C17H27ClN2O2. The van der Waals surface area contributed by atoms with Crippen LogP contribution in [0.25, 0.3) is 0 Å². The van der Waals surface area contributed by atoms with E-state index >= 15 is 0 Å². The second-order valence-electron chi connectivity index (χ2n) is 6.43. The van der Waals surface area contributed by atoms with Crippen molar-refractivity contribution in [3.63, 3.8) is 0 Å². The minimum Gasteiger partial charge on any atom is -0.486 e. The van der Waals surface area contributed by atoms with Gasteiger partial charge in [0.1, 0.15) is 11.4 Å². The third-order valence-corrected chi connectivity index (χ3v) is 4.12. The predicted molar refractivity (Wildman–Crippen MR) is 91.3 cm³/mol. The maximum absolute atomic E-state index is 12.3. The molecule has 1 fully saturated rings. The van der Waals surface area contributed by atoms with Crippen LogP contribution in [0.3, 0.4) is 0 Å². The number of nitrogens with two attached hydrogens (primary N) is 1. The van der Waals surface area contributed by atoms with Crippen molar-refractivity contribution in [3.8, 4) is 5.75 Å². The molecule has 2 rings (SSSR count). The Balaban J connectivity index is 0.00000242. The zero-order chi connectivity index (χ0) is 15.3. The molecule has 0 heterocycles. The van der Waals surface area contributed by atoms with Gasteiger partial charge in [-0.15, -0.1) is 12.4 Å². The highest BCUT2D eigenvalue weighted by Gasteiger charge is 2.32. The molecule has 1 aliphatic carbocycles. The average molecular weight is 327 g/mol. The van der Waals surface area contributed by atoms with Crippen LogP contribution in [0.15, 0.2) is 30.3 Å². The summed E-state index contributed by atoms with van der Waals surface area (Å²) in [5.74, 6) is 1.34. The van der Waals surface area contributed by atoms with Crippen molar-refractivity contribution in [2.75, 3.05) is 13.1 Å². The fraction of sp³-hybridized carbons (Fsp3) is 0.588. The third kappa shape index (κ3) is 5.18. The number of rotatable bonds is 6. The molecule has 0 spiro atoms. The molecule has 1 aromatic carbocycles. The third-order valence-electron chi connectivity index (χ3n) is 4.12. The molecule has 1 aliphatic rings. The van der Waals surface area contributed by atoms with Crippen molar-refractivity contribution >= 4 is 18.3 Å². The number of halogens is 1. The lowest BCUT2D eigenvalue weighted by atomic mass is 9.95. The van der Waals surface area contributed by atoms with E-state index in [9.17, 15) is 4.79 Å². The minimum absolute atomic E-state index is 0. The van der Waals surface area contributed by atoms with E-state index in [1.54, 1.807) is 0 Å². The van der Waals surface area contributed by atoms with Crippen molar-refractivity contribution in [1.29, 1.82) is 0 Å². The van der Waals surface area contributed by atoms with Crippen LogP contribution >= 0.6 is 12.4 Å². The number of hydrogen-bond acceptors (Lipinski definition) is 3. The quantitative estimate of drug-likeness (QED) is 0.845. The van der Waals surface area contributed by atoms with Gasteiger partial charge in [-0.1, -0.05) is 24.6 Å². The van der Waals surface area contributed by atoms with Crippen molar-refractivity contribution in [3.05, 3.63) is 30.3 Å². The number of benzene rings is 1. The number of carbonyl (C=O) groups is 1. The van der Waals surface area contributed by atoms with E-state index in [0.29, 0.717) is 19.0 Å². The fourth-order valence-electron chi connectivity index (χ4n) is 2.94. The SMILES string of the molecule is CC(C)(CNC(=O)[C@@H]1CCC[C@@H]1CN)Oc1ccccc1.Cl. The summed E-state index contributed by atoms with van der Waals surface area (Å²) in [5.41, 5.74) is 5.30. The lowest BCUT2D eigenvalue weighted by Gasteiger charge is -2.28. The second kappa shape index (κ2) is 8.39. The number of hydrogen-bond donors (Lipinski definition) is 2. The summed E-state index contributed by atoms with van der Waals surface area (Å²) in [7, 11) is 0. The summed E-state index contributed by atoms with van der Waals surface area (Å²) >= 11 is 0. The number of carbonyl (C=O) groups excluding carboxylic acids is 1. The van der Waals surface area contributed by atoms with Gasteiger partial charge in [0.2, 0.25) is 5.91 Å². The van der Waals surface area contributed by atoms with Crippen molar-refractivity contribution in [2.45, 2.75) is 38.7 Å². The van der Waals surface area contributed by atoms with E-state index < -0.39 is 5.60 Å². The Bertz CT molecular complexity index is 465. The van der Waals surface area contributed by atoms with Crippen LogP contribution in [-0.2, 0) is 4.79 Å². The number of nitrogens with one attached hydrogen (secondary N) is 1. The van der Waals surface area contributed by atoms with Gasteiger partial charge in [-0.05, 0) is 51.3 Å². The molecule has 1 amide bonds. The summed E-state index contributed by atoms with van der Waals surface area (Å²) in [6, 6.07) is 9.67. The maximum atomic E-state index is 12.3. The lowest BCUT2D eigenvalue weighted by molar-refractivity contribution is -0.126. The molecule has 0 unspecified atom stereocenters. The summed E-state index contributed by atoms with van der Waals surface area (Å²) in [4.78, 5) is 12.3. The van der Waals surface area contributed by atoms with Gasteiger partial charge in [0, 0.05) is 5.92 Å². The molecule has 0 radical (unpaired) electrons. The van der Waals surface area contributed by atoms with E-state index in [1.807, 2.05) is 44.2 Å². The Morgan fingerprint density at radius 3 is 2.64 bits per heavy atom. The van der Waals surface area contributed by atoms with Gasteiger partial charge in [0.25, 0.3) is 0 Å². The molecule has 1 saturated carbocycles. The number of amides is 1. The minimum atomic E-state index is -0.437. The highest BCUT2D eigenvalue weighted by Crippen LogP contribution is 2.31. The highest BCUT2D eigenvalue weighted by molar-refractivity contribution is 5.85. The van der Waals surface area contributed by atoms with Crippen LogP contribution in [0.4, 0.5) is 0 Å². The van der Waals surface area contributed by atoms with Crippen LogP contribution in [0.5, 0.6) is 5.75 Å². The van der Waals surface area contributed by atoms with E-state index in [-0.39, 0.29) is 24.2 Å². The molecule has 2 atom stereocenters. The van der Waals surface area contributed by atoms with Crippen molar-refractivity contribution in [2.24, 2.45) is 17.6 Å².